The molecule has 0 heterocycles. The van der Waals surface area contributed by atoms with Gasteiger partial charge in [-0.15, -0.1) is 0 Å². The number of hydrogen-bond donors (Lipinski definition) is 2. The Hall–Kier alpha value is -0.615. The summed E-state index contributed by atoms with van der Waals surface area (Å²) in [5, 5.41) is 10.9. The fraction of sp³-hybridized carbons (Fsp3) is 0.714. The van der Waals surface area contributed by atoms with Crippen LogP contribution in [-0.2, 0) is 0 Å². The molecule has 0 aliphatic carbocycles. The molecule has 3 heteroatoms. The van der Waals surface area contributed by atoms with E-state index in [0.29, 0.717) is 6.54 Å². The molecule has 0 fully saturated rings. The second-order valence-electron chi connectivity index (χ2n) is 2.53. The summed E-state index contributed by atoms with van der Waals surface area (Å²) in [7, 11) is 5.12. The third kappa shape index (κ3) is 2.79. The van der Waals surface area contributed by atoms with Gasteiger partial charge in [0.05, 0.1) is 0 Å². The summed E-state index contributed by atoms with van der Waals surface area (Å²) in [5.41, 5.74) is -0.205. The van der Waals surface area contributed by atoms with Crippen LogP contribution in [0.25, 0.3) is 0 Å². The molecule has 0 saturated heterocycles. The van der Waals surface area contributed by atoms with Gasteiger partial charge in [-0.05, 0) is 13.3 Å². The lowest BCUT2D eigenvalue weighted by molar-refractivity contribution is 0.421. The van der Waals surface area contributed by atoms with Gasteiger partial charge in [0.15, 0.2) is 7.98 Å². The highest BCUT2D eigenvalue weighted by atomic mass is 16.2. The standard InChI is InChI=1S/C7H12BNO/c1-3-7(2,4-5-10)6-9-8/h9-10H,3,6H2,1-2H3. The van der Waals surface area contributed by atoms with E-state index < -0.39 is 0 Å². The number of nitrogens with one attached hydrogen (secondary N) is 1. The monoisotopic (exact) mass is 137 g/mol. The van der Waals surface area contributed by atoms with E-state index in [2.05, 4.69) is 11.1 Å². The lowest BCUT2D eigenvalue weighted by atomic mass is 9.88. The van der Waals surface area contributed by atoms with Gasteiger partial charge in [-0.3, -0.25) is 0 Å². The summed E-state index contributed by atoms with van der Waals surface area (Å²) in [6, 6.07) is 0. The van der Waals surface area contributed by atoms with E-state index in [1.54, 1.807) is 0 Å². The van der Waals surface area contributed by atoms with Crippen LogP contribution in [0.3, 0.4) is 0 Å². The van der Waals surface area contributed by atoms with Crippen LogP contribution in [-0.4, -0.2) is 19.6 Å². The molecule has 0 aromatic rings. The average molecular weight is 137 g/mol. The minimum Gasteiger partial charge on any atom is -0.462 e. The fourth-order valence-corrected chi connectivity index (χ4v) is 0.618. The van der Waals surface area contributed by atoms with Crippen LogP contribution in [0.4, 0.5) is 0 Å². The summed E-state index contributed by atoms with van der Waals surface area (Å²) in [6.07, 6.45) is 2.76. The number of hydrogen-bond acceptors (Lipinski definition) is 2. The van der Waals surface area contributed by atoms with E-state index in [1.807, 2.05) is 20.0 Å². The van der Waals surface area contributed by atoms with Crippen molar-refractivity contribution in [2.75, 3.05) is 6.54 Å². The molecule has 0 bridgehead atoms. The van der Waals surface area contributed by atoms with Gasteiger partial charge >= 0.3 is 0 Å². The summed E-state index contributed by atoms with van der Waals surface area (Å²) in [4.78, 5) is 0. The van der Waals surface area contributed by atoms with Gasteiger partial charge in [0.25, 0.3) is 0 Å². The maximum Gasteiger partial charge on any atom is 0.177 e. The molecule has 0 aromatic heterocycles. The molecule has 1 atom stereocenters. The van der Waals surface area contributed by atoms with E-state index >= 15 is 0 Å². The Morgan fingerprint density at radius 2 is 2.30 bits per heavy atom. The summed E-state index contributed by atoms with van der Waals surface area (Å²) in [6.45, 7) is 4.54. The molecule has 1 unspecified atom stereocenters. The molecule has 0 amide bonds. The number of aliphatic hydroxyl groups is 1. The predicted molar refractivity (Wildman–Crippen MR) is 41.9 cm³/mol. The Morgan fingerprint density at radius 3 is 2.60 bits per heavy atom. The van der Waals surface area contributed by atoms with Crippen molar-refractivity contribution in [1.82, 2.24) is 5.23 Å². The first-order valence-corrected chi connectivity index (χ1v) is 3.28. The maximum absolute atomic E-state index is 8.33. The van der Waals surface area contributed by atoms with Crippen LogP contribution in [0.15, 0.2) is 0 Å². The van der Waals surface area contributed by atoms with E-state index in [1.165, 1.54) is 0 Å². The molecule has 2 radical (unpaired) electrons. The van der Waals surface area contributed by atoms with Crippen molar-refractivity contribution in [3.8, 4) is 12.0 Å². The second-order valence-corrected chi connectivity index (χ2v) is 2.53. The minimum absolute atomic E-state index is 0.205. The zero-order valence-electron chi connectivity index (χ0n) is 6.44. The van der Waals surface area contributed by atoms with E-state index in [-0.39, 0.29) is 5.41 Å². The molecule has 2 N–H and O–H groups in total. The van der Waals surface area contributed by atoms with Crippen LogP contribution in [0.5, 0.6) is 0 Å². The first-order chi connectivity index (χ1) is 4.68. The van der Waals surface area contributed by atoms with Crippen LogP contribution in [0.1, 0.15) is 20.3 Å². The Kier molecular flexibility index (Phi) is 3.98. The Labute approximate surface area is 63.4 Å². The average Bonchev–Trinajstić information content (AvgIpc) is 1.89. The van der Waals surface area contributed by atoms with Crippen molar-refractivity contribution in [1.29, 1.82) is 0 Å². The van der Waals surface area contributed by atoms with Gasteiger partial charge in [-0.2, -0.15) is 0 Å². The van der Waals surface area contributed by atoms with Crippen molar-refractivity contribution in [2.24, 2.45) is 5.41 Å². The lowest BCUT2D eigenvalue weighted by Gasteiger charge is -2.20. The Bertz CT molecular complexity index is 149. The molecule has 0 rings (SSSR count). The van der Waals surface area contributed by atoms with Gasteiger partial charge in [0, 0.05) is 12.0 Å². The normalized spacial score (nSPS) is 15.0. The predicted octanol–water partition coefficient (Wildman–Crippen LogP) is 0.409. The second kappa shape index (κ2) is 4.24. The van der Waals surface area contributed by atoms with E-state index in [9.17, 15) is 0 Å². The van der Waals surface area contributed by atoms with Gasteiger partial charge in [0.2, 0.25) is 0 Å². The molecule has 0 aliphatic rings. The SMILES string of the molecule is [B]NCC(C)(C#CO)CC. The molecule has 10 heavy (non-hydrogen) atoms. The third-order valence-electron chi connectivity index (χ3n) is 1.63. The molecule has 0 spiro atoms. The fourth-order valence-electron chi connectivity index (χ4n) is 0.618. The number of rotatable bonds is 3. The first-order valence-electron chi connectivity index (χ1n) is 3.28. The van der Waals surface area contributed by atoms with Crippen LogP contribution >= 0.6 is 0 Å². The smallest absolute Gasteiger partial charge is 0.177 e. The van der Waals surface area contributed by atoms with Crippen molar-refractivity contribution in [2.45, 2.75) is 20.3 Å². The molecular weight excluding hydrogens is 125 g/mol. The first kappa shape index (κ1) is 9.38. The molecule has 0 saturated carbocycles. The van der Waals surface area contributed by atoms with Crippen LogP contribution in [0.2, 0.25) is 0 Å². The third-order valence-corrected chi connectivity index (χ3v) is 1.63. The van der Waals surface area contributed by atoms with Crippen molar-refractivity contribution in [3.63, 3.8) is 0 Å². The van der Waals surface area contributed by atoms with Crippen LogP contribution in [0, 0.1) is 17.4 Å². The van der Waals surface area contributed by atoms with Crippen LogP contribution < -0.4 is 5.23 Å². The summed E-state index contributed by atoms with van der Waals surface area (Å²) >= 11 is 0. The molecular formula is C7H12BNO. The Balaban J connectivity index is 4.03. The van der Waals surface area contributed by atoms with Crippen molar-refractivity contribution >= 4 is 7.98 Å². The van der Waals surface area contributed by atoms with E-state index in [4.69, 9.17) is 13.1 Å². The highest BCUT2D eigenvalue weighted by Crippen LogP contribution is 2.17. The van der Waals surface area contributed by atoms with Crippen molar-refractivity contribution < 1.29 is 5.11 Å². The molecule has 0 aliphatic heterocycles. The Morgan fingerprint density at radius 1 is 1.70 bits per heavy atom. The lowest BCUT2D eigenvalue weighted by Crippen LogP contribution is -2.28. The minimum atomic E-state index is -0.205. The highest BCUT2D eigenvalue weighted by Gasteiger charge is 2.17. The van der Waals surface area contributed by atoms with E-state index in [0.717, 1.165) is 6.42 Å². The maximum atomic E-state index is 8.33. The molecule has 0 aromatic carbocycles. The quantitative estimate of drug-likeness (QED) is 0.436. The number of aliphatic hydroxyl groups excluding tert-OH is 1. The molecule has 54 valence electrons. The van der Waals surface area contributed by atoms with Gasteiger partial charge in [-0.1, -0.05) is 12.8 Å². The van der Waals surface area contributed by atoms with Gasteiger partial charge < -0.3 is 10.3 Å². The van der Waals surface area contributed by atoms with Crippen molar-refractivity contribution in [3.05, 3.63) is 0 Å². The zero-order valence-corrected chi connectivity index (χ0v) is 6.44. The summed E-state index contributed by atoms with van der Waals surface area (Å²) < 4.78 is 0. The highest BCUT2D eigenvalue weighted by molar-refractivity contribution is 6.04. The largest absolute Gasteiger partial charge is 0.462 e. The topological polar surface area (TPSA) is 32.3 Å². The van der Waals surface area contributed by atoms with Gasteiger partial charge in [-0.25, -0.2) is 0 Å². The van der Waals surface area contributed by atoms with Gasteiger partial charge in [0.1, 0.15) is 6.11 Å². The molecule has 2 nitrogen and oxygen atoms in total. The summed E-state index contributed by atoms with van der Waals surface area (Å²) in [5.74, 6) is 2.67. The zero-order chi connectivity index (χ0) is 8.04.